The van der Waals surface area contributed by atoms with E-state index in [2.05, 4.69) is 4.90 Å². The Kier molecular flexibility index (Phi) is 6.57. The smallest absolute Gasteiger partial charge is 0.231 e. The van der Waals surface area contributed by atoms with Gasteiger partial charge in [-0.05, 0) is 60.9 Å². The van der Waals surface area contributed by atoms with Crippen molar-refractivity contribution in [3.05, 3.63) is 82.1 Å². The van der Waals surface area contributed by atoms with Gasteiger partial charge in [-0.25, -0.2) is 0 Å². The average Bonchev–Trinajstić information content (AvgIpc) is 3.22. The molecule has 0 unspecified atom stereocenters. The van der Waals surface area contributed by atoms with Crippen molar-refractivity contribution >= 4 is 11.9 Å². The summed E-state index contributed by atoms with van der Waals surface area (Å²) in [5, 5.41) is 0. The molecule has 2 aliphatic heterocycles. The molecule has 0 saturated carbocycles. The number of Topliss-reactive ketones (excluding diaryl/α,β-unsaturated/α-hetero) is 1. The Labute approximate surface area is 210 Å². The lowest BCUT2D eigenvalue weighted by atomic mass is 9.99. The van der Waals surface area contributed by atoms with Gasteiger partial charge < -0.3 is 23.7 Å². The summed E-state index contributed by atoms with van der Waals surface area (Å²) in [4.78, 5) is 15.4. The lowest BCUT2D eigenvalue weighted by Crippen LogP contribution is -2.34. The minimum absolute atomic E-state index is 0.124. The highest BCUT2D eigenvalue weighted by molar-refractivity contribution is 6.15. The number of ketones is 1. The Bertz CT molecular complexity index is 1350. The van der Waals surface area contributed by atoms with Crippen molar-refractivity contribution in [2.75, 3.05) is 34.6 Å². The minimum Gasteiger partial charge on any atom is -0.497 e. The monoisotopic (exact) mass is 487 g/mol. The largest absolute Gasteiger partial charge is 0.497 e. The number of carbonyl (C=O) groups excluding carboxylic acids is 1. The Morgan fingerprint density at radius 1 is 0.972 bits per heavy atom. The first kappa shape index (κ1) is 23.8. The van der Waals surface area contributed by atoms with Gasteiger partial charge in [-0.1, -0.05) is 18.2 Å². The summed E-state index contributed by atoms with van der Waals surface area (Å²) in [7, 11) is 4.89. The number of carbonyl (C=O) groups is 1. The topological polar surface area (TPSA) is 66.5 Å². The van der Waals surface area contributed by atoms with Crippen LogP contribution in [-0.4, -0.2) is 45.3 Å². The van der Waals surface area contributed by atoms with Gasteiger partial charge in [0.25, 0.3) is 0 Å². The van der Waals surface area contributed by atoms with Crippen LogP contribution < -0.4 is 23.7 Å². The normalized spacial score (nSPS) is 15.7. The van der Waals surface area contributed by atoms with E-state index in [0.29, 0.717) is 36.1 Å². The molecule has 0 saturated heterocycles. The number of fused-ring (bicyclic) bond motifs is 2. The fourth-order valence-corrected chi connectivity index (χ4v) is 4.65. The van der Waals surface area contributed by atoms with Crippen molar-refractivity contribution in [2.24, 2.45) is 0 Å². The maximum Gasteiger partial charge on any atom is 0.231 e. The van der Waals surface area contributed by atoms with Crippen LogP contribution in [0.2, 0.25) is 0 Å². The Balaban J connectivity index is 1.32. The first-order chi connectivity index (χ1) is 17.5. The van der Waals surface area contributed by atoms with Gasteiger partial charge in [0.2, 0.25) is 5.78 Å². The number of benzene rings is 3. The van der Waals surface area contributed by atoms with Crippen molar-refractivity contribution in [1.29, 1.82) is 0 Å². The molecule has 0 spiro atoms. The predicted molar refractivity (Wildman–Crippen MR) is 136 cm³/mol. The van der Waals surface area contributed by atoms with Gasteiger partial charge >= 0.3 is 0 Å². The molecule has 36 heavy (non-hydrogen) atoms. The van der Waals surface area contributed by atoms with Crippen LogP contribution in [0, 0.1) is 6.92 Å². The molecule has 3 aromatic rings. The number of ether oxygens (including phenoxy) is 5. The highest BCUT2D eigenvalue weighted by Crippen LogP contribution is 2.43. The number of allylic oxidation sites excluding steroid dienone is 1. The van der Waals surface area contributed by atoms with Gasteiger partial charge in [0, 0.05) is 24.2 Å². The van der Waals surface area contributed by atoms with Crippen LogP contribution in [-0.2, 0) is 13.0 Å². The van der Waals surface area contributed by atoms with E-state index < -0.39 is 0 Å². The van der Waals surface area contributed by atoms with E-state index in [0.717, 1.165) is 52.5 Å². The van der Waals surface area contributed by atoms with Crippen molar-refractivity contribution in [3.8, 4) is 28.7 Å². The molecule has 186 valence electrons. The summed E-state index contributed by atoms with van der Waals surface area (Å²) in [5.74, 6) is 3.71. The number of hydrogen-bond acceptors (Lipinski definition) is 7. The molecular weight excluding hydrogens is 458 g/mol. The number of nitrogens with zero attached hydrogens (tertiary/aromatic N) is 1. The number of rotatable bonds is 7. The summed E-state index contributed by atoms with van der Waals surface area (Å²) in [5.41, 5.74) is 4.41. The molecule has 0 atom stereocenters. The van der Waals surface area contributed by atoms with E-state index in [1.165, 1.54) is 0 Å². The zero-order valence-corrected chi connectivity index (χ0v) is 20.9. The number of hydrogen-bond donors (Lipinski definition) is 0. The maximum absolute atomic E-state index is 13.2. The Morgan fingerprint density at radius 3 is 2.58 bits per heavy atom. The zero-order chi connectivity index (χ0) is 25.2. The molecule has 0 N–H and O–H groups in total. The van der Waals surface area contributed by atoms with Gasteiger partial charge in [0.1, 0.15) is 24.0 Å². The number of methoxy groups -OCH3 is 3. The van der Waals surface area contributed by atoms with Gasteiger partial charge in [-0.2, -0.15) is 0 Å². The third-order valence-corrected chi connectivity index (χ3v) is 6.56. The van der Waals surface area contributed by atoms with E-state index in [1.54, 1.807) is 27.4 Å². The summed E-state index contributed by atoms with van der Waals surface area (Å²) in [6, 6.07) is 15.4. The lowest BCUT2D eigenvalue weighted by molar-refractivity contribution is 0.0953. The molecule has 0 fully saturated rings. The van der Waals surface area contributed by atoms with E-state index in [4.69, 9.17) is 23.7 Å². The van der Waals surface area contributed by atoms with Crippen molar-refractivity contribution in [3.63, 3.8) is 0 Å². The van der Waals surface area contributed by atoms with Crippen molar-refractivity contribution in [2.45, 2.75) is 19.9 Å². The quantitative estimate of drug-likeness (QED) is 0.433. The minimum atomic E-state index is -0.124. The first-order valence-electron chi connectivity index (χ1n) is 11.8. The van der Waals surface area contributed by atoms with Crippen LogP contribution >= 0.6 is 0 Å². The van der Waals surface area contributed by atoms with Crippen molar-refractivity contribution in [1.82, 2.24) is 4.90 Å². The van der Waals surface area contributed by atoms with Gasteiger partial charge in [-0.15, -0.1) is 0 Å². The second-order valence-corrected chi connectivity index (χ2v) is 8.85. The van der Waals surface area contributed by atoms with Gasteiger partial charge in [0.05, 0.1) is 26.9 Å². The van der Waals surface area contributed by atoms with Crippen LogP contribution in [0.15, 0.2) is 54.3 Å². The molecule has 0 bridgehead atoms. The van der Waals surface area contributed by atoms with Crippen LogP contribution in [0.4, 0.5) is 0 Å². The summed E-state index contributed by atoms with van der Waals surface area (Å²) >= 11 is 0. The van der Waals surface area contributed by atoms with E-state index >= 15 is 0 Å². The molecule has 0 amide bonds. The second kappa shape index (κ2) is 9.95. The third-order valence-electron chi connectivity index (χ3n) is 6.56. The van der Waals surface area contributed by atoms with E-state index in [-0.39, 0.29) is 5.78 Å². The SMILES string of the molecule is COc1cccc(/C=C2\Oc3c(cc4c(c3C)OCN(CCc3ccc(OC)c(OC)c3)C4)C2=O)c1. The fourth-order valence-electron chi connectivity index (χ4n) is 4.65. The highest BCUT2D eigenvalue weighted by Gasteiger charge is 2.33. The molecule has 3 aromatic carbocycles. The summed E-state index contributed by atoms with van der Waals surface area (Å²) < 4.78 is 28.2. The fraction of sp³-hybridized carbons (Fsp3) is 0.276. The Morgan fingerprint density at radius 2 is 1.81 bits per heavy atom. The molecule has 2 aliphatic rings. The lowest BCUT2D eigenvalue weighted by Gasteiger charge is -2.30. The van der Waals surface area contributed by atoms with Gasteiger partial charge in [0.15, 0.2) is 17.3 Å². The third kappa shape index (κ3) is 4.50. The summed E-state index contributed by atoms with van der Waals surface area (Å²) in [6.07, 6.45) is 2.58. The molecule has 0 aromatic heterocycles. The zero-order valence-electron chi connectivity index (χ0n) is 20.9. The Hall–Kier alpha value is -3.97. The van der Waals surface area contributed by atoms with Crippen LogP contribution in [0.5, 0.6) is 28.7 Å². The highest BCUT2D eigenvalue weighted by atomic mass is 16.5. The van der Waals surface area contributed by atoms with Gasteiger partial charge in [-0.3, -0.25) is 9.69 Å². The van der Waals surface area contributed by atoms with Crippen LogP contribution in [0.3, 0.4) is 0 Å². The molecule has 7 nitrogen and oxygen atoms in total. The van der Waals surface area contributed by atoms with Crippen LogP contribution in [0.25, 0.3) is 6.08 Å². The molecule has 5 rings (SSSR count). The van der Waals surface area contributed by atoms with E-state index in [1.807, 2.05) is 55.5 Å². The molecule has 2 heterocycles. The second-order valence-electron chi connectivity index (χ2n) is 8.85. The van der Waals surface area contributed by atoms with E-state index in [9.17, 15) is 4.79 Å². The first-order valence-corrected chi connectivity index (χ1v) is 11.8. The standard InChI is InChI=1S/C29H29NO6/c1-18-28-21(16-30(17-35-28)11-10-19-8-9-24(33-3)25(13-19)34-4)15-23-27(31)26(36-29(18)23)14-20-6-5-7-22(12-20)32-2/h5-9,12-15H,10-11,16-17H2,1-4H3/b26-14-. The maximum atomic E-state index is 13.2. The molecule has 0 radical (unpaired) electrons. The molecule has 7 heteroatoms. The van der Waals surface area contributed by atoms with Crippen molar-refractivity contribution < 1.29 is 28.5 Å². The predicted octanol–water partition coefficient (Wildman–Crippen LogP) is 5.03. The molecular formula is C29H29NO6. The van der Waals surface area contributed by atoms with Crippen LogP contribution in [0.1, 0.15) is 32.6 Å². The average molecular weight is 488 g/mol. The molecule has 0 aliphatic carbocycles. The summed E-state index contributed by atoms with van der Waals surface area (Å²) in [6.45, 7) is 3.91.